The van der Waals surface area contributed by atoms with E-state index in [1.165, 1.54) is 64.8 Å². The Balaban J connectivity index is 0.00000109. The largest absolute Gasteiger partial charge is 0.354 e. The lowest BCUT2D eigenvalue weighted by Gasteiger charge is -2.41. The molecule has 1 aromatic rings. The third kappa shape index (κ3) is 6.68. The van der Waals surface area contributed by atoms with E-state index in [1.807, 2.05) is 17.2 Å². The van der Waals surface area contributed by atoms with Crippen molar-refractivity contribution in [1.82, 2.24) is 14.8 Å². The van der Waals surface area contributed by atoms with E-state index in [1.54, 1.807) is 0 Å². The minimum atomic E-state index is 0.721. The minimum Gasteiger partial charge on any atom is -0.354 e. The van der Waals surface area contributed by atoms with Crippen LogP contribution in [0.5, 0.6) is 0 Å². The quantitative estimate of drug-likeness (QED) is 0.493. The van der Waals surface area contributed by atoms with Gasteiger partial charge in [-0.2, -0.15) is 0 Å². The summed E-state index contributed by atoms with van der Waals surface area (Å²) < 4.78 is 0. The van der Waals surface area contributed by atoms with Crippen LogP contribution in [-0.4, -0.2) is 71.6 Å². The molecule has 1 atom stereocenters. The molecule has 0 N–H and O–H groups in total. The fraction of sp³-hybridized carbons (Fsp3) is 0.750. The number of aromatic nitrogens is 1. The summed E-state index contributed by atoms with van der Waals surface area (Å²) in [5, 5.41) is 0. The molecule has 3 heterocycles. The lowest BCUT2D eigenvalue weighted by molar-refractivity contribution is 0.129. The van der Waals surface area contributed by atoms with Gasteiger partial charge in [-0.1, -0.05) is 48.4 Å². The average Bonchev–Trinajstić information content (AvgIpc) is 2.97. The second kappa shape index (κ2) is 12.1. The number of hydrogen-bond donors (Lipinski definition) is 0. The molecule has 4 nitrogen and oxygen atoms in total. The van der Waals surface area contributed by atoms with Crippen LogP contribution >= 0.6 is 22.6 Å². The molecule has 0 bridgehead atoms. The van der Waals surface area contributed by atoms with Gasteiger partial charge in [-0.3, -0.25) is 4.90 Å². The number of alkyl halides is 1. The van der Waals surface area contributed by atoms with E-state index in [0.717, 1.165) is 24.9 Å². The second-order valence-corrected chi connectivity index (χ2v) is 6.99. The van der Waals surface area contributed by atoms with E-state index in [2.05, 4.69) is 61.3 Å². The lowest BCUT2D eigenvalue weighted by atomic mass is 10.1. The number of pyridine rings is 1. The minimum absolute atomic E-state index is 0.721. The Morgan fingerprint density at radius 1 is 0.960 bits per heavy atom. The highest BCUT2D eigenvalue weighted by Crippen LogP contribution is 2.17. The van der Waals surface area contributed by atoms with Gasteiger partial charge < -0.3 is 9.80 Å². The zero-order valence-electron chi connectivity index (χ0n) is 16.0. The Hall–Kier alpha value is -0.400. The Kier molecular flexibility index (Phi) is 10.1. The molecule has 0 radical (unpaired) electrons. The van der Waals surface area contributed by atoms with Crippen LogP contribution in [0.25, 0.3) is 0 Å². The van der Waals surface area contributed by atoms with Gasteiger partial charge in [0.25, 0.3) is 0 Å². The molecule has 2 aliphatic heterocycles. The Bertz CT molecular complexity index is 440. The Morgan fingerprint density at radius 3 is 2.20 bits per heavy atom. The van der Waals surface area contributed by atoms with Gasteiger partial charge in [0.15, 0.2) is 0 Å². The van der Waals surface area contributed by atoms with Gasteiger partial charge in [0.2, 0.25) is 0 Å². The van der Waals surface area contributed by atoms with Crippen LogP contribution in [-0.2, 0) is 0 Å². The van der Waals surface area contributed by atoms with E-state index >= 15 is 0 Å². The second-order valence-electron chi connectivity index (χ2n) is 6.99. The third-order valence-electron chi connectivity index (χ3n) is 5.44. The molecule has 2 aliphatic rings. The summed E-state index contributed by atoms with van der Waals surface area (Å²) in [4.78, 5) is 14.3. The predicted molar refractivity (Wildman–Crippen MR) is 117 cm³/mol. The molecule has 1 unspecified atom stereocenters. The van der Waals surface area contributed by atoms with Crippen LogP contribution in [0.15, 0.2) is 24.4 Å². The van der Waals surface area contributed by atoms with Gasteiger partial charge in [0.1, 0.15) is 5.82 Å². The smallest absolute Gasteiger partial charge is 0.128 e. The summed E-state index contributed by atoms with van der Waals surface area (Å²) in [6, 6.07) is 6.93. The summed E-state index contributed by atoms with van der Waals surface area (Å²) in [5.41, 5.74) is 0. The molecule has 0 saturated carbocycles. The van der Waals surface area contributed by atoms with Crippen LogP contribution < -0.4 is 4.90 Å². The Labute approximate surface area is 168 Å². The first-order valence-corrected chi connectivity index (χ1v) is 12.0. The van der Waals surface area contributed by atoms with E-state index in [-0.39, 0.29) is 0 Å². The SMILES string of the molecule is CCC(CN1CCCCCC1)N1CCN(c2ccccn2)CC1.CI. The molecule has 0 spiro atoms. The number of nitrogens with zero attached hydrogens (tertiary/aromatic N) is 4. The molecular formula is C20H35IN4. The number of halogens is 1. The van der Waals surface area contributed by atoms with Crippen molar-refractivity contribution < 1.29 is 0 Å². The van der Waals surface area contributed by atoms with E-state index < -0.39 is 0 Å². The maximum absolute atomic E-state index is 4.50. The number of hydrogen-bond acceptors (Lipinski definition) is 4. The normalized spacial score (nSPS) is 21.2. The van der Waals surface area contributed by atoms with Crippen molar-refractivity contribution in [2.75, 3.05) is 55.6 Å². The maximum atomic E-state index is 4.50. The van der Waals surface area contributed by atoms with Gasteiger partial charge in [-0.25, -0.2) is 4.98 Å². The summed E-state index contributed by atoms with van der Waals surface area (Å²) in [6.45, 7) is 10.8. The highest BCUT2D eigenvalue weighted by atomic mass is 127. The molecule has 2 saturated heterocycles. The molecule has 25 heavy (non-hydrogen) atoms. The maximum Gasteiger partial charge on any atom is 0.128 e. The van der Waals surface area contributed by atoms with Crippen molar-refractivity contribution in [3.05, 3.63) is 24.4 Å². The number of likely N-dealkylation sites (tertiary alicyclic amines) is 1. The molecule has 142 valence electrons. The van der Waals surface area contributed by atoms with E-state index in [0.29, 0.717) is 0 Å². The summed E-state index contributed by atoms with van der Waals surface area (Å²) in [7, 11) is 0. The topological polar surface area (TPSA) is 22.6 Å². The third-order valence-corrected chi connectivity index (χ3v) is 5.44. The molecule has 5 heteroatoms. The van der Waals surface area contributed by atoms with Crippen LogP contribution in [0.2, 0.25) is 0 Å². The Morgan fingerprint density at radius 2 is 1.64 bits per heavy atom. The van der Waals surface area contributed by atoms with Gasteiger partial charge in [0, 0.05) is 45.0 Å². The number of piperazine rings is 1. The first-order valence-electron chi connectivity index (χ1n) is 9.87. The van der Waals surface area contributed by atoms with Gasteiger partial charge >= 0.3 is 0 Å². The van der Waals surface area contributed by atoms with Crippen molar-refractivity contribution >= 4 is 28.4 Å². The standard InChI is InChI=1S/C19H32N4.CH3I/c1-2-18(17-21-11-7-3-4-8-12-21)22-13-15-23(16-14-22)19-9-5-6-10-20-19;1-2/h5-6,9-10,18H,2-4,7-8,11-17H2,1H3;1H3. The number of anilines is 1. The van der Waals surface area contributed by atoms with Crippen LogP contribution in [0.1, 0.15) is 39.0 Å². The fourth-order valence-corrected chi connectivity index (χ4v) is 3.98. The zero-order chi connectivity index (χ0) is 17.9. The summed E-state index contributed by atoms with van der Waals surface area (Å²) >= 11 is 2.15. The average molecular weight is 458 g/mol. The molecule has 3 rings (SSSR count). The highest BCUT2D eigenvalue weighted by Gasteiger charge is 2.25. The lowest BCUT2D eigenvalue weighted by Crippen LogP contribution is -2.53. The van der Waals surface area contributed by atoms with Crippen LogP contribution in [0.4, 0.5) is 5.82 Å². The predicted octanol–water partition coefficient (Wildman–Crippen LogP) is 3.91. The first kappa shape index (κ1) is 20.9. The molecule has 2 fully saturated rings. The molecule has 1 aromatic heterocycles. The van der Waals surface area contributed by atoms with Crippen LogP contribution in [0, 0.1) is 0 Å². The fourth-order valence-electron chi connectivity index (χ4n) is 3.98. The first-order chi connectivity index (χ1) is 12.4. The zero-order valence-corrected chi connectivity index (χ0v) is 18.2. The summed E-state index contributed by atoms with van der Waals surface area (Å²) in [6.07, 6.45) is 8.80. The van der Waals surface area contributed by atoms with Crippen molar-refractivity contribution in [3.8, 4) is 0 Å². The molecule has 0 aliphatic carbocycles. The van der Waals surface area contributed by atoms with Crippen molar-refractivity contribution in [3.63, 3.8) is 0 Å². The monoisotopic (exact) mass is 458 g/mol. The van der Waals surface area contributed by atoms with Gasteiger partial charge in [-0.05, 0) is 49.4 Å². The molecular weight excluding hydrogens is 423 g/mol. The van der Waals surface area contributed by atoms with E-state index in [9.17, 15) is 0 Å². The van der Waals surface area contributed by atoms with Gasteiger partial charge in [0.05, 0.1) is 0 Å². The van der Waals surface area contributed by atoms with Crippen LogP contribution in [0.3, 0.4) is 0 Å². The van der Waals surface area contributed by atoms with E-state index in [4.69, 9.17) is 0 Å². The molecule has 0 aromatic carbocycles. The highest BCUT2D eigenvalue weighted by molar-refractivity contribution is 14.1. The van der Waals surface area contributed by atoms with Crippen molar-refractivity contribution in [1.29, 1.82) is 0 Å². The molecule has 0 amide bonds. The van der Waals surface area contributed by atoms with Crippen molar-refractivity contribution in [2.24, 2.45) is 0 Å². The van der Waals surface area contributed by atoms with Gasteiger partial charge in [-0.15, -0.1) is 0 Å². The summed E-state index contributed by atoms with van der Waals surface area (Å²) in [5.74, 6) is 1.13. The van der Waals surface area contributed by atoms with Crippen molar-refractivity contribution in [2.45, 2.75) is 45.1 Å². The number of rotatable bonds is 5.